The SMILES string of the molecule is COc1ccc(NS(=O)(=O)c2ccc3c(c2)nc(C)n3C)cc1. The number of nitrogens with one attached hydrogen (secondary N) is 1. The first-order valence-electron chi connectivity index (χ1n) is 7.00. The molecule has 3 aromatic rings. The van der Waals surface area contributed by atoms with Crippen LogP contribution in [0.5, 0.6) is 5.75 Å². The quantitative estimate of drug-likeness (QED) is 0.798. The Kier molecular flexibility index (Phi) is 3.73. The standard InChI is InChI=1S/C16H17N3O3S/c1-11-17-15-10-14(8-9-16(15)19(11)2)23(20,21)18-12-4-6-13(22-3)7-5-12/h4-10,18H,1-3H3. The van der Waals surface area contributed by atoms with Crippen LogP contribution in [0.25, 0.3) is 11.0 Å². The molecule has 0 radical (unpaired) electrons. The summed E-state index contributed by atoms with van der Waals surface area (Å²) in [4.78, 5) is 4.55. The molecule has 3 rings (SSSR count). The summed E-state index contributed by atoms with van der Waals surface area (Å²) in [5.41, 5.74) is 2.02. The molecule has 23 heavy (non-hydrogen) atoms. The summed E-state index contributed by atoms with van der Waals surface area (Å²) in [6.07, 6.45) is 0. The predicted octanol–water partition coefficient (Wildman–Crippen LogP) is 2.69. The van der Waals surface area contributed by atoms with Crippen LogP contribution in [0.15, 0.2) is 47.4 Å². The molecule has 120 valence electrons. The van der Waals surface area contributed by atoms with Crippen molar-refractivity contribution in [2.45, 2.75) is 11.8 Å². The van der Waals surface area contributed by atoms with Gasteiger partial charge in [-0.1, -0.05) is 0 Å². The van der Waals surface area contributed by atoms with E-state index in [-0.39, 0.29) is 4.90 Å². The maximum Gasteiger partial charge on any atom is 0.261 e. The summed E-state index contributed by atoms with van der Waals surface area (Å²) >= 11 is 0. The fraction of sp³-hybridized carbons (Fsp3) is 0.188. The Morgan fingerprint density at radius 3 is 2.48 bits per heavy atom. The molecule has 0 spiro atoms. The Morgan fingerprint density at radius 2 is 1.83 bits per heavy atom. The first kappa shape index (κ1) is 15.4. The van der Waals surface area contributed by atoms with Crippen molar-refractivity contribution in [2.75, 3.05) is 11.8 Å². The van der Waals surface area contributed by atoms with Crippen molar-refractivity contribution < 1.29 is 13.2 Å². The molecule has 6 nitrogen and oxygen atoms in total. The number of nitrogens with zero attached hydrogens (tertiary/aromatic N) is 2. The van der Waals surface area contributed by atoms with E-state index in [0.717, 1.165) is 11.3 Å². The van der Waals surface area contributed by atoms with Crippen molar-refractivity contribution in [2.24, 2.45) is 7.05 Å². The Labute approximate surface area is 134 Å². The molecule has 0 saturated heterocycles. The normalized spacial score (nSPS) is 11.6. The second-order valence-corrected chi connectivity index (χ2v) is 6.88. The summed E-state index contributed by atoms with van der Waals surface area (Å²) in [5.74, 6) is 1.50. The number of benzene rings is 2. The largest absolute Gasteiger partial charge is 0.497 e. The molecule has 0 fully saturated rings. The molecule has 0 unspecified atom stereocenters. The van der Waals surface area contributed by atoms with Gasteiger partial charge in [-0.05, 0) is 49.4 Å². The molecule has 0 amide bonds. The fourth-order valence-electron chi connectivity index (χ4n) is 2.34. The van der Waals surface area contributed by atoms with E-state index in [9.17, 15) is 8.42 Å². The zero-order valence-corrected chi connectivity index (χ0v) is 13.9. The lowest BCUT2D eigenvalue weighted by atomic mass is 10.3. The van der Waals surface area contributed by atoms with Crippen molar-refractivity contribution in [3.63, 3.8) is 0 Å². The number of sulfonamides is 1. The molecule has 0 atom stereocenters. The van der Waals surface area contributed by atoms with Gasteiger partial charge < -0.3 is 9.30 Å². The van der Waals surface area contributed by atoms with Crippen molar-refractivity contribution in [1.29, 1.82) is 0 Å². The number of methoxy groups -OCH3 is 1. The maximum atomic E-state index is 12.5. The highest BCUT2D eigenvalue weighted by Gasteiger charge is 2.16. The lowest BCUT2D eigenvalue weighted by Crippen LogP contribution is -2.12. The fourth-order valence-corrected chi connectivity index (χ4v) is 3.42. The molecular weight excluding hydrogens is 314 g/mol. The van der Waals surface area contributed by atoms with Gasteiger partial charge in [-0.25, -0.2) is 13.4 Å². The van der Waals surface area contributed by atoms with Crippen LogP contribution < -0.4 is 9.46 Å². The average Bonchev–Trinajstić information content (AvgIpc) is 2.82. The Bertz CT molecular complexity index is 960. The van der Waals surface area contributed by atoms with Gasteiger partial charge in [0.1, 0.15) is 11.6 Å². The highest BCUT2D eigenvalue weighted by Crippen LogP contribution is 2.22. The lowest BCUT2D eigenvalue weighted by Gasteiger charge is -2.09. The van der Waals surface area contributed by atoms with Gasteiger partial charge in [-0.15, -0.1) is 0 Å². The summed E-state index contributed by atoms with van der Waals surface area (Å²) < 4.78 is 34.6. The van der Waals surface area contributed by atoms with Crippen LogP contribution in [0.1, 0.15) is 5.82 Å². The molecule has 1 heterocycles. The van der Waals surface area contributed by atoms with Gasteiger partial charge in [0.2, 0.25) is 0 Å². The monoisotopic (exact) mass is 331 g/mol. The van der Waals surface area contributed by atoms with Gasteiger partial charge in [-0.3, -0.25) is 4.72 Å². The number of anilines is 1. The van der Waals surface area contributed by atoms with Gasteiger partial charge >= 0.3 is 0 Å². The Morgan fingerprint density at radius 1 is 1.13 bits per heavy atom. The molecule has 0 bridgehead atoms. The second-order valence-electron chi connectivity index (χ2n) is 5.20. The summed E-state index contributed by atoms with van der Waals surface area (Å²) in [6.45, 7) is 1.88. The van der Waals surface area contributed by atoms with Crippen molar-refractivity contribution in [3.05, 3.63) is 48.3 Å². The maximum absolute atomic E-state index is 12.5. The van der Waals surface area contributed by atoms with Crippen LogP contribution in [-0.2, 0) is 17.1 Å². The molecule has 2 aromatic carbocycles. The number of ether oxygens (including phenoxy) is 1. The third kappa shape index (κ3) is 2.87. The molecule has 1 N–H and O–H groups in total. The predicted molar refractivity (Wildman–Crippen MR) is 89.3 cm³/mol. The van der Waals surface area contributed by atoms with E-state index >= 15 is 0 Å². The summed E-state index contributed by atoms with van der Waals surface area (Å²) in [7, 11) is -0.212. The minimum atomic E-state index is -3.67. The lowest BCUT2D eigenvalue weighted by molar-refractivity contribution is 0.415. The summed E-state index contributed by atoms with van der Waals surface area (Å²) in [5, 5.41) is 0. The van der Waals surface area contributed by atoms with E-state index in [1.54, 1.807) is 49.6 Å². The topological polar surface area (TPSA) is 73.2 Å². The molecular formula is C16H17N3O3S. The highest BCUT2D eigenvalue weighted by atomic mass is 32.2. The zero-order chi connectivity index (χ0) is 16.6. The van der Waals surface area contributed by atoms with Crippen LogP contribution >= 0.6 is 0 Å². The Balaban J connectivity index is 1.95. The number of hydrogen-bond donors (Lipinski definition) is 1. The smallest absolute Gasteiger partial charge is 0.261 e. The third-order valence-corrected chi connectivity index (χ3v) is 5.11. The van der Waals surface area contributed by atoms with Gasteiger partial charge in [0.25, 0.3) is 10.0 Å². The van der Waals surface area contributed by atoms with Gasteiger partial charge in [0.15, 0.2) is 0 Å². The third-order valence-electron chi connectivity index (χ3n) is 3.73. The second kappa shape index (κ2) is 5.58. The van der Waals surface area contributed by atoms with E-state index in [4.69, 9.17) is 4.74 Å². The van der Waals surface area contributed by atoms with Gasteiger partial charge in [0.05, 0.1) is 23.0 Å². The van der Waals surface area contributed by atoms with Crippen LogP contribution in [-0.4, -0.2) is 25.1 Å². The number of hydrogen-bond acceptors (Lipinski definition) is 4. The van der Waals surface area contributed by atoms with E-state index < -0.39 is 10.0 Å². The zero-order valence-electron chi connectivity index (χ0n) is 13.1. The average molecular weight is 331 g/mol. The number of imidazole rings is 1. The van der Waals surface area contributed by atoms with Gasteiger partial charge in [0, 0.05) is 12.7 Å². The number of aryl methyl sites for hydroxylation is 2. The van der Waals surface area contributed by atoms with Crippen molar-refractivity contribution in [3.8, 4) is 5.75 Å². The number of aromatic nitrogens is 2. The van der Waals surface area contributed by atoms with Crippen LogP contribution in [0.3, 0.4) is 0 Å². The van der Waals surface area contributed by atoms with Crippen molar-refractivity contribution in [1.82, 2.24) is 9.55 Å². The minimum absolute atomic E-state index is 0.180. The first-order chi connectivity index (χ1) is 10.9. The van der Waals surface area contributed by atoms with Crippen LogP contribution in [0, 0.1) is 6.92 Å². The van der Waals surface area contributed by atoms with Crippen LogP contribution in [0.2, 0.25) is 0 Å². The molecule has 0 aliphatic rings. The van der Waals surface area contributed by atoms with Gasteiger partial charge in [-0.2, -0.15) is 0 Å². The van der Waals surface area contributed by atoms with E-state index in [0.29, 0.717) is 17.0 Å². The van der Waals surface area contributed by atoms with E-state index in [1.165, 1.54) is 0 Å². The van der Waals surface area contributed by atoms with E-state index in [1.807, 2.05) is 18.5 Å². The molecule has 0 aliphatic heterocycles. The van der Waals surface area contributed by atoms with Crippen molar-refractivity contribution >= 4 is 26.7 Å². The molecule has 0 saturated carbocycles. The molecule has 7 heteroatoms. The number of rotatable bonds is 4. The Hall–Kier alpha value is -2.54. The highest BCUT2D eigenvalue weighted by molar-refractivity contribution is 7.92. The van der Waals surface area contributed by atoms with E-state index in [2.05, 4.69) is 9.71 Å². The molecule has 0 aliphatic carbocycles. The van der Waals surface area contributed by atoms with Crippen LogP contribution in [0.4, 0.5) is 5.69 Å². The summed E-state index contributed by atoms with van der Waals surface area (Å²) in [6, 6.07) is 11.6. The molecule has 1 aromatic heterocycles. The minimum Gasteiger partial charge on any atom is -0.497 e. The number of fused-ring (bicyclic) bond motifs is 1. The first-order valence-corrected chi connectivity index (χ1v) is 8.49.